The molecule has 0 radical (unpaired) electrons. The molecule has 0 aliphatic rings. The number of para-hydroxylation sites is 1. The number of fused-ring (bicyclic) bond motifs is 1. The number of rotatable bonds is 5. The lowest BCUT2D eigenvalue weighted by Gasteiger charge is -2.22. The number of anilines is 1. The van der Waals surface area contributed by atoms with Crippen LogP contribution in [0.25, 0.3) is 10.9 Å². The second-order valence-electron chi connectivity index (χ2n) is 6.61. The predicted molar refractivity (Wildman–Crippen MR) is 107 cm³/mol. The Labute approximate surface area is 157 Å². The summed E-state index contributed by atoms with van der Waals surface area (Å²) in [5.41, 5.74) is 3.81. The number of nitrogens with one attached hydrogen (secondary N) is 2. The van der Waals surface area contributed by atoms with E-state index in [4.69, 9.17) is 0 Å². The minimum absolute atomic E-state index is 0.109. The Kier molecular flexibility index (Phi) is 5.57. The van der Waals surface area contributed by atoms with Gasteiger partial charge in [0.25, 0.3) is 5.56 Å². The first-order valence-corrected chi connectivity index (χ1v) is 8.83. The molecule has 0 aliphatic carbocycles. The van der Waals surface area contributed by atoms with Crippen molar-refractivity contribution in [1.82, 2.24) is 9.88 Å². The molecule has 3 N–H and O–H groups in total. The number of pyridine rings is 1. The first kappa shape index (κ1) is 18.7. The third-order valence-corrected chi connectivity index (χ3v) is 4.41. The van der Waals surface area contributed by atoms with Crippen molar-refractivity contribution >= 4 is 22.6 Å². The topological polar surface area (TPSA) is 85.4 Å². The highest BCUT2D eigenvalue weighted by Gasteiger charge is 2.16. The van der Waals surface area contributed by atoms with Crippen molar-refractivity contribution < 1.29 is 9.90 Å². The summed E-state index contributed by atoms with van der Waals surface area (Å²) in [6, 6.07) is 14.5. The van der Waals surface area contributed by atoms with Gasteiger partial charge in [-0.15, -0.1) is 0 Å². The Bertz CT molecular complexity index is 1010. The number of aromatic nitrogens is 1. The number of hydrogen-bond donors (Lipinski definition) is 3. The second-order valence-corrected chi connectivity index (χ2v) is 6.61. The summed E-state index contributed by atoms with van der Waals surface area (Å²) in [6.07, 6.45) is 0. The number of H-pyrrole nitrogens is 1. The zero-order valence-corrected chi connectivity index (χ0v) is 15.5. The van der Waals surface area contributed by atoms with Crippen molar-refractivity contribution in [2.75, 3.05) is 18.5 Å². The van der Waals surface area contributed by atoms with Gasteiger partial charge in [0.15, 0.2) is 0 Å². The average molecular weight is 365 g/mol. The van der Waals surface area contributed by atoms with Gasteiger partial charge in [0.2, 0.25) is 0 Å². The molecule has 1 aromatic heterocycles. The van der Waals surface area contributed by atoms with E-state index < -0.39 is 0 Å². The number of amides is 2. The predicted octanol–water partition coefficient (Wildman–Crippen LogP) is 3.17. The van der Waals surface area contributed by atoms with Gasteiger partial charge in [-0.05, 0) is 49.1 Å². The molecule has 0 atom stereocenters. The molecule has 27 heavy (non-hydrogen) atoms. The molecule has 0 aliphatic heterocycles. The molecular formula is C21H23N3O3. The molecule has 6 heteroatoms. The highest BCUT2D eigenvalue weighted by Crippen LogP contribution is 2.18. The average Bonchev–Trinajstić information content (AvgIpc) is 2.63. The lowest BCUT2D eigenvalue weighted by molar-refractivity contribution is 0.185. The molecule has 6 nitrogen and oxygen atoms in total. The Balaban J connectivity index is 1.88. The molecular weight excluding hydrogens is 342 g/mol. The van der Waals surface area contributed by atoms with Crippen LogP contribution in [-0.4, -0.2) is 34.2 Å². The summed E-state index contributed by atoms with van der Waals surface area (Å²) in [6.45, 7) is 4.01. The van der Waals surface area contributed by atoms with Crippen molar-refractivity contribution in [2.24, 2.45) is 0 Å². The number of carbonyl (C=O) groups excluding carboxylic acids is 1. The number of benzene rings is 2. The zero-order chi connectivity index (χ0) is 19.4. The van der Waals surface area contributed by atoms with E-state index in [0.717, 1.165) is 22.0 Å². The van der Waals surface area contributed by atoms with Crippen molar-refractivity contribution in [3.8, 4) is 0 Å². The van der Waals surface area contributed by atoms with Gasteiger partial charge in [-0.3, -0.25) is 4.79 Å². The van der Waals surface area contributed by atoms with E-state index in [9.17, 15) is 14.7 Å². The van der Waals surface area contributed by atoms with Gasteiger partial charge in [-0.25, -0.2) is 4.79 Å². The SMILES string of the molecule is Cc1cc(C)c2[nH]c(=O)c(CN(CCO)C(=O)Nc3ccccc3)cc2c1. The van der Waals surface area contributed by atoms with Crippen LogP contribution in [0.1, 0.15) is 16.7 Å². The monoisotopic (exact) mass is 365 g/mol. The number of aryl methyl sites for hydroxylation is 2. The van der Waals surface area contributed by atoms with E-state index in [1.807, 2.05) is 50.2 Å². The maximum absolute atomic E-state index is 12.6. The van der Waals surface area contributed by atoms with Crippen LogP contribution in [0.4, 0.5) is 10.5 Å². The minimum atomic E-state index is -0.366. The molecule has 2 aromatic carbocycles. The first-order chi connectivity index (χ1) is 13.0. The number of nitrogens with zero attached hydrogens (tertiary/aromatic N) is 1. The molecule has 0 saturated carbocycles. The number of urea groups is 1. The lowest BCUT2D eigenvalue weighted by Crippen LogP contribution is -2.38. The molecule has 1 heterocycles. The molecule has 0 saturated heterocycles. The van der Waals surface area contributed by atoms with Crippen molar-refractivity contribution in [3.63, 3.8) is 0 Å². The van der Waals surface area contributed by atoms with Gasteiger partial charge >= 0.3 is 6.03 Å². The third kappa shape index (κ3) is 4.35. The fourth-order valence-corrected chi connectivity index (χ4v) is 3.15. The number of aromatic amines is 1. The summed E-state index contributed by atoms with van der Waals surface area (Å²) in [5, 5.41) is 13.0. The van der Waals surface area contributed by atoms with Crippen LogP contribution in [-0.2, 0) is 6.54 Å². The van der Waals surface area contributed by atoms with E-state index in [-0.39, 0.29) is 31.3 Å². The minimum Gasteiger partial charge on any atom is -0.395 e. The van der Waals surface area contributed by atoms with E-state index in [1.165, 1.54) is 4.90 Å². The summed E-state index contributed by atoms with van der Waals surface area (Å²) < 4.78 is 0. The van der Waals surface area contributed by atoms with Crippen LogP contribution in [0.15, 0.2) is 53.3 Å². The van der Waals surface area contributed by atoms with E-state index >= 15 is 0 Å². The fraction of sp³-hybridized carbons (Fsp3) is 0.238. The van der Waals surface area contributed by atoms with Gasteiger partial charge in [-0.2, -0.15) is 0 Å². The maximum atomic E-state index is 12.6. The fourth-order valence-electron chi connectivity index (χ4n) is 3.15. The summed E-state index contributed by atoms with van der Waals surface area (Å²) >= 11 is 0. The molecule has 0 bridgehead atoms. The van der Waals surface area contributed by atoms with Crippen LogP contribution in [0.5, 0.6) is 0 Å². The maximum Gasteiger partial charge on any atom is 0.322 e. The van der Waals surface area contributed by atoms with E-state index in [1.54, 1.807) is 12.1 Å². The van der Waals surface area contributed by atoms with Crippen LogP contribution < -0.4 is 10.9 Å². The molecule has 2 amide bonds. The molecule has 3 rings (SSSR count). The van der Waals surface area contributed by atoms with Crippen molar-refractivity contribution in [3.05, 3.63) is 75.6 Å². The van der Waals surface area contributed by atoms with Crippen LogP contribution in [0, 0.1) is 13.8 Å². The second kappa shape index (κ2) is 8.05. The number of aliphatic hydroxyl groups excluding tert-OH is 1. The lowest BCUT2D eigenvalue weighted by atomic mass is 10.1. The highest BCUT2D eigenvalue weighted by atomic mass is 16.3. The summed E-state index contributed by atoms with van der Waals surface area (Å²) in [5.74, 6) is 0. The normalized spacial score (nSPS) is 10.8. The Hall–Kier alpha value is -3.12. The van der Waals surface area contributed by atoms with E-state index in [0.29, 0.717) is 11.3 Å². The summed E-state index contributed by atoms with van der Waals surface area (Å²) in [4.78, 5) is 29.4. The Morgan fingerprint density at radius 2 is 1.89 bits per heavy atom. The van der Waals surface area contributed by atoms with Gasteiger partial charge < -0.3 is 20.3 Å². The number of aliphatic hydroxyl groups is 1. The Morgan fingerprint density at radius 3 is 2.59 bits per heavy atom. The smallest absolute Gasteiger partial charge is 0.322 e. The number of carbonyl (C=O) groups is 1. The van der Waals surface area contributed by atoms with Gasteiger partial charge in [0, 0.05) is 17.8 Å². The molecule has 3 aromatic rings. The molecule has 140 valence electrons. The largest absolute Gasteiger partial charge is 0.395 e. The van der Waals surface area contributed by atoms with Gasteiger partial charge in [0.1, 0.15) is 0 Å². The van der Waals surface area contributed by atoms with E-state index in [2.05, 4.69) is 10.3 Å². The van der Waals surface area contributed by atoms with Crippen LogP contribution >= 0.6 is 0 Å². The standard InChI is InChI=1S/C21H23N3O3/c1-14-10-15(2)19-16(11-14)12-17(20(26)23-19)13-24(8-9-25)21(27)22-18-6-4-3-5-7-18/h3-7,10-12,25H,8-9,13H2,1-2H3,(H,22,27)(H,23,26). The van der Waals surface area contributed by atoms with Crippen molar-refractivity contribution in [1.29, 1.82) is 0 Å². The van der Waals surface area contributed by atoms with Crippen LogP contribution in [0.3, 0.4) is 0 Å². The quantitative estimate of drug-likeness (QED) is 0.649. The number of hydrogen-bond acceptors (Lipinski definition) is 3. The van der Waals surface area contributed by atoms with Crippen LogP contribution in [0.2, 0.25) is 0 Å². The van der Waals surface area contributed by atoms with Crippen molar-refractivity contribution in [2.45, 2.75) is 20.4 Å². The van der Waals surface area contributed by atoms with Gasteiger partial charge in [-0.1, -0.05) is 29.8 Å². The molecule has 0 fully saturated rings. The third-order valence-electron chi connectivity index (χ3n) is 4.41. The summed E-state index contributed by atoms with van der Waals surface area (Å²) in [7, 11) is 0. The van der Waals surface area contributed by atoms with Gasteiger partial charge in [0.05, 0.1) is 18.7 Å². The highest BCUT2D eigenvalue weighted by molar-refractivity contribution is 5.89. The molecule has 0 spiro atoms. The molecule has 0 unspecified atom stereocenters. The first-order valence-electron chi connectivity index (χ1n) is 8.83. The zero-order valence-electron chi connectivity index (χ0n) is 15.5. The Morgan fingerprint density at radius 1 is 1.15 bits per heavy atom.